The number of dihydropyridines is 1. The number of rotatable bonds is 6. The standard InChI is InChI=1S/C22H26N4O3S3/c1-5-29-19(28)16-11(2)24-13-7-22(3,4)8-14(27)17(13)18(16)15-6-12(9-30-15)10-31-21-26-25-20(23)32-21/h6,9,18,24H,5,7-8,10H2,1-4H3,(H2,23,25)/t18-/m1/s1. The van der Waals surface area contributed by atoms with E-state index in [1.165, 1.54) is 11.3 Å². The molecule has 7 nitrogen and oxygen atoms in total. The van der Waals surface area contributed by atoms with Crippen molar-refractivity contribution in [2.45, 2.75) is 56.5 Å². The fraction of sp³-hybridized carbons (Fsp3) is 0.455. The summed E-state index contributed by atoms with van der Waals surface area (Å²) in [6.07, 6.45) is 1.23. The Morgan fingerprint density at radius 1 is 1.38 bits per heavy atom. The number of allylic oxidation sites excluding steroid dienone is 3. The molecule has 170 valence electrons. The number of nitrogens with zero attached hydrogens (tertiary/aromatic N) is 2. The van der Waals surface area contributed by atoms with Gasteiger partial charge in [0.15, 0.2) is 10.1 Å². The van der Waals surface area contributed by atoms with Crippen LogP contribution in [0.5, 0.6) is 0 Å². The van der Waals surface area contributed by atoms with Gasteiger partial charge in [-0.1, -0.05) is 36.9 Å². The number of nitrogens with one attached hydrogen (secondary N) is 1. The van der Waals surface area contributed by atoms with Gasteiger partial charge in [0.1, 0.15) is 0 Å². The maximum absolute atomic E-state index is 13.3. The number of thiophene rings is 1. The molecule has 0 unspecified atom stereocenters. The van der Waals surface area contributed by atoms with Crippen molar-refractivity contribution in [1.29, 1.82) is 0 Å². The van der Waals surface area contributed by atoms with Crippen LogP contribution in [0.1, 0.15) is 56.9 Å². The number of aromatic nitrogens is 2. The lowest BCUT2D eigenvalue weighted by molar-refractivity contribution is -0.138. The van der Waals surface area contributed by atoms with E-state index in [1.807, 2.05) is 6.92 Å². The highest BCUT2D eigenvalue weighted by Crippen LogP contribution is 2.48. The van der Waals surface area contributed by atoms with Gasteiger partial charge in [0.2, 0.25) is 5.13 Å². The van der Waals surface area contributed by atoms with Crippen LogP contribution < -0.4 is 11.1 Å². The molecule has 2 aromatic heterocycles. The summed E-state index contributed by atoms with van der Waals surface area (Å²) in [5.74, 6) is 0.0207. The van der Waals surface area contributed by atoms with Gasteiger partial charge in [-0.05, 0) is 42.7 Å². The SMILES string of the molecule is CCOC(=O)C1=C(C)NC2=C(C(=O)CC(C)(C)C2)[C@@H]1c1cc(CSc2nnc(N)s2)cs1. The molecule has 0 saturated heterocycles. The lowest BCUT2D eigenvalue weighted by Gasteiger charge is -2.39. The number of ether oxygens (including phenoxy) is 1. The summed E-state index contributed by atoms with van der Waals surface area (Å²) in [6, 6.07) is 2.09. The predicted octanol–water partition coefficient (Wildman–Crippen LogP) is 4.64. The molecule has 4 rings (SSSR count). The number of Topliss-reactive ketones (excluding diaryl/α,β-unsaturated/α-hetero) is 1. The third-order valence-corrected chi connectivity index (χ3v) is 8.48. The number of nitrogens with two attached hydrogens (primary N) is 1. The molecule has 0 amide bonds. The van der Waals surface area contributed by atoms with Crippen LogP contribution in [0, 0.1) is 5.41 Å². The molecule has 1 atom stereocenters. The molecule has 0 aromatic carbocycles. The zero-order valence-corrected chi connectivity index (χ0v) is 20.9. The number of hydrogen-bond acceptors (Lipinski definition) is 10. The monoisotopic (exact) mass is 490 g/mol. The van der Waals surface area contributed by atoms with E-state index in [9.17, 15) is 9.59 Å². The quantitative estimate of drug-likeness (QED) is 0.445. The highest BCUT2D eigenvalue weighted by atomic mass is 32.2. The maximum atomic E-state index is 13.3. The summed E-state index contributed by atoms with van der Waals surface area (Å²) >= 11 is 4.50. The van der Waals surface area contributed by atoms with Crippen LogP contribution in [-0.2, 0) is 20.1 Å². The van der Waals surface area contributed by atoms with Crippen molar-refractivity contribution in [2.24, 2.45) is 5.41 Å². The zero-order valence-electron chi connectivity index (χ0n) is 18.5. The smallest absolute Gasteiger partial charge is 0.336 e. The van der Waals surface area contributed by atoms with Gasteiger partial charge in [0.25, 0.3) is 0 Å². The molecule has 32 heavy (non-hydrogen) atoms. The fourth-order valence-corrected chi connectivity index (χ4v) is 6.95. The second-order valence-corrected chi connectivity index (χ2v) is 11.9. The van der Waals surface area contributed by atoms with Gasteiger partial charge in [-0.2, -0.15) is 0 Å². The summed E-state index contributed by atoms with van der Waals surface area (Å²) in [7, 11) is 0. The number of carbonyl (C=O) groups is 2. The Labute approximate surface area is 199 Å². The van der Waals surface area contributed by atoms with Crippen molar-refractivity contribution in [1.82, 2.24) is 15.5 Å². The first-order valence-electron chi connectivity index (χ1n) is 10.4. The number of thioether (sulfide) groups is 1. The van der Waals surface area contributed by atoms with E-state index in [2.05, 4.69) is 40.8 Å². The van der Waals surface area contributed by atoms with E-state index in [4.69, 9.17) is 10.5 Å². The van der Waals surface area contributed by atoms with Crippen molar-refractivity contribution in [3.8, 4) is 0 Å². The molecule has 0 fully saturated rings. The Morgan fingerprint density at radius 3 is 2.84 bits per heavy atom. The zero-order chi connectivity index (χ0) is 23.0. The van der Waals surface area contributed by atoms with E-state index < -0.39 is 5.92 Å². The lowest BCUT2D eigenvalue weighted by Crippen LogP contribution is -2.38. The average Bonchev–Trinajstić information content (AvgIpc) is 3.33. The van der Waals surface area contributed by atoms with Gasteiger partial charge in [-0.25, -0.2) is 4.79 Å². The van der Waals surface area contributed by atoms with Crippen LogP contribution in [0.4, 0.5) is 5.13 Å². The summed E-state index contributed by atoms with van der Waals surface area (Å²) in [4.78, 5) is 27.2. The summed E-state index contributed by atoms with van der Waals surface area (Å²) < 4.78 is 6.19. The number of carbonyl (C=O) groups excluding carboxylic acids is 2. The molecule has 2 aliphatic rings. The molecular formula is C22H26N4O3S3. The third kappa shape index (κ3) is 4.62. The topological polar surface area (TPSA) is 107 Å². The van der Waals surface area contributed by atoms with E-state index in [1.54, 1.807) is 30.0 Å². The van der Waals surface area contributed by atoms with E-state index >= 15 is 0 Å². The number of anilines is 1. The highest BCUT2D eigenvalue weighted by Gasteiger charge is 2.43. The fourth-order valence-electron chi connectivity index (χ4n) is 4.25. The first-order valence-corrected chi connectivity index (χ1v) is 13.1. The van der Waals surface area contributed by atoms with Crippen LogP contribution in [0.2, 0.25) is 0 Å². The molecule has 1 aliphatic heterocycles. The molecule has 1 aliphatic carbocycles. The van der Waals surface area contributed by atoms with Crippen LogP contribution in [0.15, 0.2) is 38.3 Å². The van der Waals surface area contributed by atoms with Crippen molar-refractivity contribution >= 4 is 51.3 Å². The Morgan fingerprint density at radius 2 is 2.16 bits per heavy atom. The van der Waals surface area contributed by atoms with Crippen LogP contribution in [0.3, 0.4) is 0 Å². The molecule has 3 heterocycles. The molecule has 10 heteroatoms. The van der Waals surface area contributed by atoms with Crippen molar-refractivity contribution in [3.05, 3.63) is 44.4 Å². The molecule has 2 aromatic rings. The van der Waals surface area contributed by atoms with E-state index in [0.29, 0.717) is 28.5 Å². The normalized spacial score (nSPS) is 20.2. The average molecular weight is 491 g/mol. The number of hydrogen-bond donors (Lipinski definition) is 2. The third-order valence-electron chi connectivity index (χ3n) is 5.48. The molecule has 0 spiro atoms. The van der Waals surface area contributed by atoms with Gasteiger partial charge >= 0.3 is 5.97 Å². The molecule has 0 radical (unpaired) electrons. The number of ketones is 1. The second kappa shape index (κ2) is 8.99. The summed E-state index contributed by atoms with van der Waals surface area (Å²) in [5.41, 5.74) is 9.57. The minimum atomic E-state index is -0.408. The van der Waals surface area contributed by atoms with E-state index in [-0.39, 0.29) is 23.8 Å². The molecule has 0 saturated carbocycles. The lowest BCUT2D eigenvalue weighted by atomic mass is 9.70. The van der Waals surface area contributed by atoms with Gasteiger partial charge in [-0.3, -0.25) is 4.79 Å². The second-order valence-electron chi connectivity index (χ2n) is 8.70. The number of esters is 1. The minimum Gasteiger partial charge on any atom is -0.463 e. The first-order chi connectivity index (χ1) is 15.2. The Bertz CT molecular complexity index is 1130. The minimum absolute atomic E-state index is 0.0942. The van der Waals surface area contributed by atoms with Crippen molar-refractivity contribution < 1.29 is 14.3 Å². The van der Waals surface area contributed by atoms with E-state index in [0.717, 1.165) is 32.6 Å². The largest absolute Gasteiger partial charge is 0.463 e. The Balaban J connectivity index is 1.69. The van der Waals surface area contributed by atoms with Crippen LogP contribution in [-0.4, -0.2) is 28.6 Å². The predicted molar refractivity (Wildman–Crippen MR) is 128 cm³/mol. The summed E-state index contributed by atoms with van der Waals surface area (Å²) in [5, 5.41) is 13.8. The molecular weight excluding hydrogens is 464 g/mol. The van der Waals surface area contributed by atoms with Crippen molar-refractivity contribution in [2.75, 3.05) is 12.3 Å². The van der Waals surface area contributed by atoms with Gasteiger partial charge in [-0.15, -0.1) is 21.5 Å². The molecule has 0 bridgehead atoms. The highest BCUT2D eigenvalue weighted by molar-refractivity contribution is 8.00. The van der Waals surface area contributed by atoms with Crippen LogP contribution in [0.25, 0.3) is 0 Å². The van der Waals surface area contributed by atoms with Crippen LogP contribution >= 0.6 is 34.4 Å². The Kier molecular flexibility index (Phi) is 6.46. The number of nitrogen functional groups attached to an aromatic ring is 1. The first kappa shape index (κ1) is 23.0. The van der Waals surface area contributed by atoms with Gasteiger partial charge < -0.3 is 15.8 Å². The van der Waals surface area contributed by atoms with Gasteiger partial charge in [0.05, 0.1) is 18.1 Å². The van der Waals surface area contributed by atoms with Gasteiger partial charge in [0, 0.05) is 34.0 Å². The summed E-state index contributed by atoms with van der Waals surface area (Å²) in [6.45, 7) is 8.17. The van der Waals surface area contributed by atoms with Crippen molar-refractivity contribution in [3.63, 3.8) is 0 Å². The maximum Gasteiger partial charge on any atom is 0.336 e. The molecule has 3 N–H and O–H groups in total. The Hall–Kier alpha value is -2.17.